The first-order chi connectivity index (χ1) is 8.09. The summed E-state index contributed by atoms with van der Waals surface area (Å²) in [7, 11) is 0. The zero-order valence-corrected chi connectivity index (χ0v) is 11.0. The van der Waals surface area contributed by atoms with Gasteiger partial charge >= 0.3 is 0 Å². The van der Waals surface area contributed by atoms with Crippen molar-refractivity contribution in [3.63, 3.8) is 0 Å². The predicted octanol–water partition coefficient (Wildman–Crippen LogP) is 2.61. The minimum Gasteiger partial charge on any atom is -0.396 e. The number of rotatable bonds is 2. The summed E-state index contributed by atoms with van der Waals surface area (Å²) in [5.41, 5.74) is 1.26. The van der Waals surface area contributed by atoms with E-state index in [9.17, 15) is 5.11 Å². The van der Waals surface area contributed by atoms with Gasteiger partial charge in [0.1, 0.15) is 0 Å². The normalized spacial score (nSPS) is 35.5. The van der Waals surface area contributed by atoms with Gasteiger partial charge in [-0.05, 0) is 36.6 Å². The van der Waals surface area contributed by atoms with E-state index in [1.54, 1.807) is 0 Å². The molecule has 1 aromatic rings. The molecule has 0 unspecified atom stereocenters. The van der Waals surface area contributed by atoms with E-state index in [0.29, 0.717) is 0 Å². The number of hydrogen-bond acceptors (Lipinski definition) is 2. The molecule has 4 rings (SSSR count). The van der Waals surface area contributed by atoms with Gasteiger partial charge in [0.25, 0.3) is 0 Å². The van der Waals surface area contributed by atoms with Gasteiger partial charge in [-0.2, -0.15) is 0 Å². The van der Waals surface area contributed by atoms with Crippen LogP contribution in [0.25, 0.3) is 0 Å². The molecule has 1 aromatic carbocycles. The first kappa shape index (κ1) is 11.8. The number of hydrogen-bond donors (Lipinski definition) is 2. The third kappa shape index (κ3) is 1.70. The quantitative estimate of drug-likeness (QED) is 0.867. The van der Waals surface area contributed by atoms with Gasteiger partial charge in [0, 0.05) is 40.6 Å². The Balaban J connectivity index is 1.97. The molecule has 92 valence electrons. The lowest BCUT2D eigenvalue weighted by atomic mass is 9.48. The Morgan fingerprint density at radius 2 is 2.00 bits per heavy atom. The van der Waals surface area contributed by atoms with Crippen LogP contribution in [0.1, 0.15) is 18.4 Å². The van der Waals surface area contributed by atoms with Gasteiger partial charge in [-0.15, -0.1) is 0 Å². The van der Waals surface area contributed by atoms with Crippen molar-refractivity contribution in [2.24, 2.45) is 5.41 Å². The van der Waals surface area contributed by atoms with Crippen LogP contribution >= 0.6 is 23.2 Å². The molecule has 2 aliphatic heterocycles. The molecule has 0 atom stereocenters. The van der Waals surface area contributed by atoms with Crippen molar-refractivity contribution in [2.75, 3.05) is 19.7 Å². The summed E-state index contributed by atoms with van der Waals surface area (Å²) in [6, 6.07) is 5.65. The molecule has 3 aliphatic rings. The maximum Gasteiger partial charge on any atom is 0.0500 e. The molecular formula is C13H15Cl2NO. The molecular weight excluding hydrogens is 257 g/mol. The van der Waals surface area contributed by atoms with Crippen LogP contribution in [-0.2, 0) is 5.41 Å². The average molecular weight is 272 g/mol. The summed E-state index contributed by atoms with van der Waals surface area (Å²) in [6.45, 7) is 2.08. The minimum atomic E-state index is 0.0594. The van der Waals surface area contributed by atoms with E-state index >= 15 is 0 Å². The fourth-order valence-electron chi connectivity index (χ4n) is 3.56. The van der Waals surface area contributed by atoms with Gasteiger partial charge in [0.15, 0.2) is 0 Å². The van der Waals surface area contributed by atoms with Crippen LogP contribution in [0.5, 0.6) is 0 Å². The van der Waals surface area contributed by atoms with Crippen molar-refractivity contribution in [3.8, 4) is 0 Å². The molecule has 1 saturated carbocycles. The number of halogens is 2. The van der Waals surface area contributed by atoms with Crippen LogP contribution in [0, 0.1) is 5.41 Å². The summed E-state index contributed by atoms with van der Waals surface area (Å²) >= 11 is 12.3. The Morgan fingerprint density at radius 1 is 1.24 bits per heavy atom. The molecule has 2 heterocycles. The standard InChI is InChI=1S/C13H15Cl2NO/c14-9-1-2-11(15)10(3-9)13-4-12(5-13,8-17)6-16-7-13/h1-3,16-17H,4-8H2. The summed E-state index contributed by atoms with van der Waals surface area (Å²) in [5, 5.41) is 14.4. The third-order valence-electron chi connectivity index (χ3n) is 4.23. The summed E-state index contributed by atoms with van der Waals surface area (Å²) in [6.07, 6.45) is 2.01. The molecule has 2 bridgehead atoms. The highest BCUT2D eigenvalue weighted by molar-refractivity contribution is 6.33. The Morgan fingerprint density at radius 3 is 2.71 bits per heavy atom. The fraction of sp³-hybridized carbons (Fsp3) is 0.538. The molecule has 17 heavy (non-hydrogen) atoms. The smallest absolute Gasteiger partial charge is 0.0500 e. The molecule has 3 fully saturated rings. The third-order valence-corrected chi connectivity index (χ3v) is 4.79. The summed E-state index contributed by atoms with van der Waals surface area (Å²) < 4.78 is 0. The number of aliphatic hydroxyl groups excluding tert-OH is 1. The monoisotopic (exact) mass is 271 g/mol. The van der Waals surface area contributed by atoms with Crippen LogP contribution in [-0.4, -0.2) is 24.8 Å². The average Bonchev–Trinajstić information content (AvgIpc) is 2.31. The number of fused-ring (bicyclic) bond motifs is 2. The lowest BCUT2D eigenvalue weighted by molar-refractivity contribution is -0.0581. The van der Waals surface area contributed by atoms with Crippen molar-refractivity contribution in [3.05, 3.63) is 33.8 Å². The molecule has 2 nitrogen and oxygen atoms in total. The lowest BCUT2D eigenvalue weighted by Gasteiger charge is -2.60. The first-order valence-electron chi connectivity index (χ1n) is 5.86. The molecule has 2 N–H and O–H groups in total. The van der Waals surface area contributed by atoms with E-state index in [-0.39, 0.29) is 17.4 Å². The van der Waals surface area contributed by atoms with E-state index in [1.165, 1.54) is 0 Å². The Labute approximate surface area is 111 Å². The number of nitrogens with one attached hydrogen (secondary N) is 1. The molecule has 1 aliphatic carbocycles. The number of aliphatic hydroxyl groups is 1. The van der Waals surface area contributed by atoms with Gasteiger partial charge in [-0.25, -0.2) is 0 Å². The SMILES string of the molecule is OCC12CNCC(c3cc(Cl)ccc3Cl)(C1)C2. The second-order valence-corrected chi connectivity index (χ2v) is 6.36. The fourth-order valence-corrected chi connectivity index (χ4v) is 4.05. The summed E-state index contributed by atoms with van der Waals surface area (Å²) in [5.74, 6) is 0. The second kappa shape index (κ2) is 3.86. The van der Waals surface area contributed by atoms with Crippen molar-refractivity contribution < 1.29 is 5.11 Å². The molecule has 0 amide bonds. The van der Waals surface area contributed by atoms with Crippen LogP contribution < -0.4 is 5.32 Å². The van der Waals surface area contributed by atoms with Crippen LogP contribution in [0.15, 0.2) is 18.2 Å². The minimum absolute atomic E-state index is 0.0594. The predicted molar refractivity (Wildman–Crippen MR) is 69.8 cm³/mol. The Bertz CT molecular complexity index is 455. The van der Waals surface area contributed by atoms with E-state index in [0.717, 1.165) is 41.5 Å². The van der Waals surface area contributed by atoms with E-state index in [2.05, 4.69) is 5.32 Å². The van der Waals surface area contributed by atoms with Crippen molar-refractivity contribution >= 4 is 23.2 Å². The van der Waals surface area contributed by atoms with E-state index in [4.69, 9.17) is 23.2 Å². The van der Waals surface area contributed by atoms with Gasteiger partial charge in [0.2, 0.25) is 0 Å². The maximum absolute atomic E-state index is 9.47. The first-order valence-corrected chi connectivity index (χ1v) is 6.62. The molecule has 0 aromatic heterocycles. The van der Waals surface area contributed by atoms with Crippen LogP contribution in [0.4, 0.5) is 0 Å². The molecule has 2 saturated heterocycles. The molecule has 4 heteroatoms. The zero-order valence-electron chi connectivity index (χ0n) is 9.47. The second-order valence-electron chi connectivity index (χ2n) is 5.52. The van der Waals surface area contributed by atoms with E-state index in [1.807, 2.05) is 18.2 Å². The summed E-state index contributed by atoms with van der Waals surface area (Å²) in [4.78, 5) is 0. The van der Waals surface area contributed by atoms with Crippen molar-refractivity contribution in [1.29, 1.82) is 0 Å². The molecule has 0 radical (unpaired) electrons. The Hall–Kier alpha value is -0.280. The van der Waals surface area contributed by atoms with Crippen LogP contribution in [0.3, 0.4) is 0 Å². The van der Waals surface area contributed by atoms with Crippen molar-refractivity contribution in [2.45, 2.75) is 18.3 Å². The molecule has 0 spiro atoms. The highest BCUT2D eigenvalue weighted by Gasteiger charge is 2.58. The Kier molecular flexibility index (Phi) is 2.67. The van der Waals surface area contributed by atoms with Gasteiger partial charge in [0.05, 0.1) is 0 Å². The number of benzene rings is 1. The lowest BCUT2D eigenvalue weighted by Crippen LogP contribution is -2.65. The number of piperidine rings is 2. The maximum atomic E-state index is 9.47. The van der Waals surface area contributed by atoms with Gasteiger partial charge in [-0.1, -0.05) is 23.2 Å². The largest absolute Gasteiger partial charge is 0.396 e. The topological polar surface area (TPSA) is 32.3 Å². The van der Waals surface area contributed by atoms with Crippen molar-refractivity contribution in [1.82, 2.24) is 5.32 Å². The highest BCUT2D eigenvalue weighted by Crippen LogP contribution is 2.58. The van der Waals surface area contributed by atoms with Gasteiger partial charge < -0.3 is 10.4 Å². The zero-order chi connectivity index (χ0) is 12.1. The highest BCUT2D eigenvalue weighted by atomic mass is 35.5. The van der Waals surface area contributed by atoms with Crippen LogP contribution in [0.2, 0.25) is 10.0 Å². The van der Waals surface area contributed by atoms with E-state index < -0.39 is 0 Å². The van der Waals surface area contributed by atoms with Gasteiger partial charge in [-0.3, -0.25) is 0 Å².